The minimum absolute atomic E-state index is 0.102. The Labute approximate surface area is 178 Å². The number of fused-ring (bicyclic) bond motifs is 1. The summed E-state index contributed by atoms with van der Waals surface area (Å²) < 4.78 is 8.34. The fraction of sp³-hybridized carbons (Fsp3) is 0.440. The van der Waals surface area contributed by atoms with Crippen molar-refractivity contribution in [3.63, 3.8) is 0 Å². The van der Waals surface area contributed by atoms with E-state index in [0.29, 0.717) is 26.1 Å². The molecule has 4 rings (SSSR count). The third kappa shape index (κ3) is 3.93. The third-order valence-corrected chi connectivity index (χ3v) is 5.89. The Kier molecular flexibility index (Phi) is 5.31. The molecule has 2 heterocycles. The second-order valence-electron chi connectivity index (χ2n) is 9.30. The van der Waals surface area contributed by atoms with Gasteiger partial charge in [-0.3, -0.25) is 4.79 Å². The molecule has 5 heteroatoms. The zero-order valence-electron chi connectivity index (χ0n) is 18.6. The Balaban J connectivity index is 1.59. The van der Waals surface area contributed by atoms with Crippen molar-refractivity contribution in [2.24, 2.45) is 0 Å². The molecule has 1 fully saturated rings. The van der Waals surface area contributed by atoms with Gasteiger partial charge < -0.3 is 14.2 Å². The van der Waals surface area contributed by atoms with E-state index in [1.54, 1.807) is 0 Å². The van der Waals surface area contributed by atoms with Crippen molar-refractivity contribution in [3.8, 4) is 5.75 Å². The molecule has 0 saturated carbocycles. The molecule has 0 bridgehead atoms. The summed E-state index contributed by atoms with van der Waals surface area (Å²) >= 11 is 0. The van der Waals surface area contributed by atoms with Crippen LogP contribution in [0.25, 0.3) is 11.0 Å². The molecule has 0 radical (unpaired) electrons. The number of ether oxygens (including phenoxy) is 1. The summed E-state index contributed by atoms with van der Waals surface area (Å²) in [5.74, 6) is 2.21. The molecule has 2 aromatic carbocycles. The second kappa shape index (κ2) is 7.78. The minimum atomic E-state index is -0.172. The first-order valence-corrected chi connectivity index (χ1v) is 10.7. The largest absolute Gasteiger partial charge is 0.491 e. The Morgan fingerprint density at radius 2 is 1.90 bits per heavy atom. The van der Waals surface area contributed by atoms with Crippen LogP contribution in [0, 0.1) is 13.8 Å². The van der Waals surface area contributed by atoms with Crippen LogP contribution in [0.1, 0.15) is 50.1 Å². The lowest BCUT2D eigenvalue weighted by atomic mass is 10.1. The minimum Gasteiger partial charge on any atom is -0.491 e. The van der Waals surface area contributed by atoms with Gasteiger partial charge in [-0.15, -0.1) is 0 Å². The maximum atomic E-state index is 12.7. The molecule has 0 unspecified atom stereocenters. The van der Waals surface area contributed by atoms with Crippen LogP contribution < -0.4 is 4.74 Å². The molecule has 158 valence electrons. The van der Waals surface area contributed by atoms with Gasteiger partial charge in [0.2, 0.25) is 5.91 Å². The lowest BCUT2D eigenvalue weighted by Gasteiger charge is -2.32. The monoisotopic (exact) mass is 405 g/mol. The van der Waals surface area contributed by atoms with Gasteiger partial charge in [-0.1, -0.05) is 29.8 Å². The van der Waals surface area contributed by atoms with Crippen molar-refractivity contribution in [1.29, 1.82) is 0 Å². The first kappa shape index (κ1) is 20.5. The highest BCUT2D eigenvalue weighted by molar-refractivity contribution is 5.81. The average molecular weight is 406 g/mol. The van der Waals surface area contributed by atoms with Gasteiger partial charge in [0.05, 0.1) is 17.6 Å². The number of para-hydroxylation sites is 2. The first-order valence-electron chi connectivity index (χ1n) is 10.7. The zero-order valence-corrected chi connectivity index (χ0v) is 18.6. The lowest BCUT2D eigenvalue weighted by Crippen LogP contribution is -2.42. The number of carbonyl (C=O) groups is 1. The topological polar surface area (TPSA) is 47.4 Å². The SMILES string of the molecule is Cc1ccc(OCCn2c([C@@H]3CC(=O)N(C(C)(C)C)C3)nc3ccccc32)c(C)c1. The normalized spacial score (nSPS) is 17.2. The smallest absolute Gasteiger partial charge is 0.223 e. The fourth-order valence-electron chi connectivity index (χ4n) is 4.38. The summed E-state index contributed by atoms with van der Waals surface area (Å²) in [5.41, 5.74) is 4.28. The van der Waals surface area contributed by atoms with Crippen LogP contribution >= 0.6 is 0 Å². The van der Waals surface area contributed by atoms with Crippen LogP contribution in [0.15, 0.2) is 42.5 Å². The van der Waals surface area contributed by atoms with Gasteiger partial charge in [0.15, 0.2) is 0 Å². The van der Waals surface area contributed by atoms with E-state index in [9.17, 15) is 4.79 Å². The van der Waals surface area contributed by atoms with Crippen LogP contribution in [0.2, 0.25) is 0 Å². The number of likely N-dealkylation sites (tertiary alicyclic amines) is 1. The molecular formula is C25H31N3O2. The molecular weight excluding hydrogens is 374 g/mol. The fourth-order valence-corrected chi connectivity index (χ4v) is 4.38. The molecule has 3 aromatic rings. The summed E-state index contributed by atoms with van der Waals surface area (Å²) in [7, 11) is 0. The summed E-state index contributed by atoms with van der Waals surface area (Å²) in [6, 6.07) is 14.4. The van der Waals surface area contributed by atoms with Gasteiger partial charge in [-0.25, -0.2) is 4.98 Å². The molecule has 5 nitrogen and oxygen atoms in total. The summed E-state index contributed by atoms with van der Waals surface area (Å²) in [6.07, 6.45) is 0.512. The van der Waals surface area contributed by atoms with Gasteiger partial charge in [-0.05, 0) is 58.4 Å². The lowest BCUT2D eigenvalue weighted by molar-refractivity contribution is -0.131. The highest BCUT2D eigenvalue weighted by Gasteiger charge is 2.38. The quantitative estimate of drug-likeness (QED) is 0.610. The van der Waals surface area contributed by atoms with E-state index in [4.69, 9.17) is 9.72 Å². The van der Waals surface area contributed by atoms with Crippen molar-refractivity contribution >= 4 is 16.9 Å². The molecule has 1 amide bonds. The number of hydrogen-bond acceptors (Lipinski definition) is 3. The first-order chi connectivity index (χ1) is 14.2. The van der Waals surface area contributed by atoms with Gasteiger partial charge in [0, 0.05) is 24.4 Å². The molecule has 1 aromatic heterocycles. The average Bonchev–Trinajstić information content (AvgIpc) is 3.24. The van der Waals surface area contributed by atoms with Crippen molar-refractivity contribution in [3.05, 3.63) is 59.4 Å². The van der Waals surface area contributed by atoms with Crippen LogP contribution in [0.5, 0.6) is 5.75 Å². The van der Waals surface area contributed by atoms with Gasteiger partial charge in [0.25, 0.3) is 0 Å². The molecule has 1 aliphatic heterocycles. The van der Waals surface area contributed by atoms with Gasteiger partial charge >= 0.3 is 0 Å². The van der Waals surface area contributed by atoms with Crippen molar-refractivity contribution in [2.75, 3.05) is 13.2 Å². The Bertz CT molecular complexity index is 1080. The van der Waals surface area contributed by atoms with Crippen molar-refractivity contribution < 1.29 is 9.53 Å². The van der Waals surface area contributed by atoms with Crippen molar-refractivity contribution in [1.82, 2.24) is 14.5 Å². The Morgan fingerprint density at radius 1 is 1.13 bits per heavy atom. The second-order valence-corrected chi connectivity index (χ2v) is 9.30. The molecule has 30 heavy (non-hydrogen) atoms. The summed E-state index contributed by atoms with van der Waals surface area (Å²) in [5, 5.41) is 0. The van der Waals surface area contributed by atoms with Gasteiger partial charge in [0.1, 0.15) is 18.2 Å². The predicted octanol–water partition coefficient (Wildman–Crippen LogP) is 4.85. The maximum Gasteiger partial charge on any atom is 0.223 e. The number of aryl methyl sites for hydroxylation is 2. The molecule has 1 aliphatic rings. The molecule has 0 N–H and O–H groups in total. The third-order valence-electron chi connectivity index (χ3n) is 5.89. The number of imidazole rings is 1. The number of nitrogens with zero attached hydrogens (tertiary/aromatic N) is 3. The van der Waals surface area contributed by atoms with E-state index < -0.39 is 0 Å². The highest BCUT2D eigenvalue weighted by Crippen LogP contribution is 2.34. The van der Waals surface area contributed by atoms with Crippen LogP contribution in [-0.4, -0.2) is 39.0 Å². The van der Waals surface area contributed by atoms with Crippen LogP contribution in [0.3, 0.4) is 0 Å². The number of aromatic nitrogens is 2. The van der Waals surface area contributed by atoms with E-state index >= 15 is 0 Å². The van der Waals surface area contributed by atoms with E-state index in [-0.39, 0.29) is 17.4 Å². The molecule has 1 saturated heterocycles. The molecule has 0 spiro atoms. The van der Waals surface area contributed by atoms with Crippen LogP contribution in [0.4, 0.5) is 0 Å². The number of benzene rings is 2. The van der Waals surface area contributed by atoms with Crippen molar-refractivity contribution in [2.45, 2.75) is 59.0 Å². The van der Waals surface area contributed by atoms with E-state index in [1.807, 2.05) is 29.2 Å². The van der Waals surface area contributed by atoms with Crippen LogP contribution in [-0.2, 0) is 11.3 Å². The zero-order chi connectivity index (χ0) is 21.5. The number of hydrogen-bond donors (Lipinski definition) is 0. The Morgan fingerprint density at radius 3 is 2.60 bits per heavy atom. The predicted molar refractivity (Wildman–Crippen MR) is 120 cm³/mol. The van der Waals surface area contributed by atoms with E-state index in [2.05, 4.69) is 57.4 Å². The maximum absolute atomic E-state index is 12.7. The standard InChI is InChI=1S/C25H31N3O2/c1-17-10-11-22(18(2)14-17)30-13-12-27-21-9-7-6-8-20(21)26-24(27)19-15-23(29)28(16-19)25(3,4)5/h6-11,14,19H,12-13,15-16H2,1-5H3/t19-/m1/s1. The number of carbonyl (C=O) groups excluding carboxylic acids is 1. The number of amides is 1. The molecule has 1 atom stereocenters. The Hall–Kier alpha value is -2.82. The van der Waals surface area contributed by atoms with E-state index in [1.165, 1.54) is 5.56 Å². The number of rotatable bonds is 5. The summed E-state index contributed by atoms with van der Waals surface area (Å²) in [4.78, 5) is 19.6. The highest BCUT2D eigenvalue weighted by atomic mass is 16.5. The summed E-state index contributed by atoms with van der Waals surface area (Å²) in [6.45, 7) is 12.4. The van der Waals surface area contributed by atoms with Gasteiger partial charge in [-0.2, -0.15) is 0 Å². The van der Waals surface area contributed by atoms with E-state index in [0.717, 1.165) is 28.2 Å². The molecule has 0 aliphatic carbocycles.